The van der Waals surface area contributed by atoms with Gasteiger partial charge >= 0.3 is 0 Å². The highest BCUT2D eigenvalue weighted by atomic mass is 16.5. The Hall–Kier alpha value is -2.61. The first-order valence-corrected chi connectivity index (χ1v) is 9.53. The average molecular weight is 370 g/mol. The molecule has 0 atom stereocenters. The molecule has 2 fully saturated rings. The quantitative estimate of drug-likeness (QED) is 0.364. The van der Waals surface area contributed by atoms with E-state index < -0.39 is 0 Å². The van der Waals surface area contributed by atoms with Gasteiger partial charge < -0.3 is 25.9 Å². The number of ether oxygens (including phenoxy) is 2. The zero-order valence-corrected chi connectivity index (χ0v) is 15.4. The van der Waals surface area contributed by atoms with Crippen molar-refractivity contribution in [3.8, 4) is 5.88 Å². The van der Waals surface area contributed by atoms with Crippen LogP contribution in [0.4, 0.5) is 5.82 Å². The third kappa shape index (κ3) is 3.90. The molecule has 8 heteroatoms. The van der Waals surface area contributed by atoms with Crippen molar-refractivity contribution >= 4 is 22.6 Å². The highest BCUT2D eigenvalue weighted by Crippen LogP contribution is 2.32. The lowest BCUT2D eigenvalue weighted by atomic mass is 9.86. The van der Waals surface area contributed by atoms with E-state index in [9.17, 15) is 0 Å². The summed E-state index contributed by atoms with van der Waals surface area (Å²) in [7, 11) is 0. The molecule has 144 valence electrons. The molecule has 4 N–H and O–H groups in total. The van der Waals surface area contributed by atoms with Gasteiger partial charge in [-0.25, -0.2) is 0 Å². The molecule has 0 unspecified atom stereocenters. The number of pyridine rings is 2. The normalized spacial score (nSPS) is 24.1. The van der Waals surface area contributed by atoms with Gasteiger partial charge in [-0.1, -0.05) is 0 Å². The van der Waals surface area contributed by atoms with Gasteiger partial charge in [0.05, 0.1) is 24.1 Å². The van der Waals surface area contributed by atoms with E-state index in [-0.39, 0.29) is 12.0 Å². The zero-order chi connectivity index (χ0) is 18.6. The summed E-state index contributed by atoms with van der Waals surface area (Å²) in [6.45, 7) is 3.08. The zero-order valence-electron chi connectivity index (χ0n) is 15.4. The van der Waals surface area contributed by atoms with Crippen molar-refractivity contribution in [2.24, 2.45) is 22.6 Å². The second-order valence-corrected chi connectivity index (χ2v) is 7.10. The molecule has 1 saturated carbocycles. The summed E-state index contributed by atoms with van der Waals surface area (Å²) in [5.41, 5.74) is 6.77. The number of amidine groups is 1. The summed E-state index contributed by atoms with van der Waals surface area (Å²) in [5, 5.41) is 4.59. The van der Waals surface area contributed by atoms with Crippen LogP contribution < -0.4 is 21.2 Å². The van der Waals surface area contributed by atoms with Crippen LogP contribution in [0.2, 0.25) is 0 Å². The number of fused-ring (bicyclic) bond motifs is 1. The van der Waals surface area contributed by atoms with Crippen LogP contribution in [0.5, 0.6) is 5.88 Å². The summed E-state index contributed by atoms with van der Waals surface area (Å²) >= 11 is 0. The number of hydrazone groups is 1. The average Bonchev–Trinajstić information content (AvgIpc) is 2.74. The van der Waals surface area contributed by atoms with Crippen LogP contribution >= 0.6 is 0 Å². The highest BCUT2D eigenvalue weighted by molar-refractivity contribution is 5.86. The lowest BCUT2D eigenvalue weighted by Gasteiger charge is -2.30. The fourth-order valence-corrected chi connectivity index (χ4v) is 3.82. The van der Waals surface area contributed by atoms with Crippen molar-refractivity contribution in [3.05, 3.63) is 24.4 Å². The number of aromatic nitrogens is 2. The number of hydrogen-bond acceptors (Lipinski definition) is 7. The molecule has 27 heavy (non-hydrogen) atoms. The van der Waals surface area contributed by atoms with E-state index in [4.69, 9.17) is 26.0 Å². The smallest absolute Gasteiger partial charge is 0.225 e. The molecule has 8 nitrogen and oxygen atoms in total. The lowest BCUT2D eigenvalue weighted by Crippen LogP contribution is -2.37. The Morgan fingerprint density at radius 1 is 1.22 bits per heavy atom. The van der Waals surface area contributed by atoms with Gasteiger partial charge in [0.15, 0.2) is 0 Å². The molecule has 0 aromatic carbocycles. The third-order valence-corrected chi connectivity index (χ3v) is 5.41. The molecule has 1 aliphatic carbocycles. The highest BCUT2D eigenvalue weighted by Gasteiger charge is 2.26. The Labute approximate surface area is 158 Å². The Kier molecular flexibility index (Phi) is 5.24. The lowest BCUT2D eigenvalue weighted by molar-refractivity contribution is 0.121. The standard InChI is InChI=1S/C19H26N6O2/c20-18(24-21)13-3-5-14(6-4-13)27-19-15-2-1-7-22-16(15)12-17(23-19)25-8-10-26-11-9-25/h1-2,7,12-14H,3-6,8-11,21H2,(H2,20,24). The number of nitrogens with two attached hydrogens (primary N) is 2. The SMILES string of the molecule is N/N=C(\N)C1CCC(Oc2nc(N3CCOCC3)cc3ncccc23)CC1. The number of hydrogen-bond donors (Lipinski definition) is 2. The van der Waals surface area contributed by atoms with E-state index in [2.05, 4.69) is 15.0 Å². The van der Waals surface area contributed by atoms with Crippen molar-refractivity contribution in [1.29, 1.82) is 0 Å². The topological polar surface area (TPSA) is 112 Å². The van der Waals surface area contributed by atoms with E-state index in [0.717, 1.165) is 55.5 Å². The maximum absolute atomic E-state index is 6.34. The molecule has 4 rings (SSSR count). The van der Waals surface area contributed by atoms with Gasteiger partial charge in [-0.15, -0.1) is 0 Å². The van der Waals surface area contributed by atoms with Crippen LogP contribution in [0.25, 0.3) is 10.9 Å². The van der Waals surface area contributed by atoms with Gasteiger partial charge in [0.25, 0.3) is 0 Å². The molecule has 2 aliphatic rings. The molecule has 0 amide bonds. The maximum Gasteiger partial charge on any atom is 0.225 e. The third-order valence-electron chi connectivity index (χ3n) is 5.41. The monoisotopic (exact) mass is 370 g/mol. The van der Waals surface area contributed by atoms with Gasteiger partial charge in [-0.05, 0) is 37.8 Å². The van der Waals surface area contributed by atoms with Crippen LogP contribution in [0.3, 0.4) is 0 Å². The molecule has 3 heterocycles. The molecule has 1 aliphatic heterocycles. The summed E-state index contributed by atoms with van der Waals surface area (Å²) in [6.07, 6.45) is 5.59. The first-order valence-electron chi connectivity index (χ1n) is 9.53. The largest absolute Gasteiger partial charge is 0.474 e. The van der Waals surface area contributed by atoms with Crippen LogP contribution in [0, 0.1) is 5.92 Å². The minimum absolute atomic E-state index is 0.114. The van der Waals surface area contributed by atoms with Crippen LogP contribution in [-0.2, 0) is 4.74 Å². The number of anilines is 1. The summed E-state index contributed by atoms with van der Waals surface area (Å²) < 4.78 is 11.8. The predicted octanol–water partition coefficient (Wildman–Crippen LogP) is 1.63. The fourth-order valence-electron chi connectivity index (χ4n) is 3.82. The Morgan fingerprint density at radius 3 is 2.74 bits per heavy atom. The first-order chi connectivity index (χ1) is 13.2. The van der Waals surface area contributed by atoms with Crippen LogP contribution in [0.15, 0.2) is 29.5 Å². The second-order valence-electron chi connectivity index (χ2n) is 7.10. The van der Waals surface area contributed by atoms with E-state index in [0.29, 0.717) is 24.9 Å². The minimum atomic E-state index is 0.114. The Morgan fingerprint density at radius 2 is 2.00 bits per heavy atom. The van der Waals surface area contributed by atoms with Crippen molar-refractivity contribution in [2.75, 3.05) is 31.2 Å². The summed E-state index contributed by atoms with van der Waals surface area (Å²) in [5.74, 6) is 7.65. The van der Waals surface area contributed by atoms with Crippen LogP contribution in [-0.4, -0.2) is 48.2 Å². The molecule has 1 saturated heterocycles. The Balaban J connectivity index is 1.55. The van der Waals surface area contributed by atoms with Gasteiger partial charge in [0, 0.05) is 31.3 Å². The Bertz CT molecular complexity index is 813. The molecule has 2 aromatic rings. The van der Waals surface area contributed by atoms with Crippen molar-refractivity contribution in [3.63, 3.8) is 0 Å². The van der Waals surface area contributed by atoms with Gasteiger partial charge in [0.1, 0.15) is 17.8 Å². The number of morpholine rings is 1. The van der Waals surface area contributed by atoms with Crippen LogP contribution in [0.1, 0.15) is 25.7 Å². The van der Waals surface area contributed by atoms with Gasteiger partial charge in [-0.2, -0.15) is 10.1 Å². The molecule has 0 bridgehead atoms. The number of nitrogens with zero attached hydrogens (tertiary/aromatic N) is 4. The second kappa shape index (κ2) is 7.96. The minimum Gasteiger partial charge on any atom is -0.474 e. The van der Waals surface area contributed by atoms with E-state index in [1.165, 1.54) is 0 Å². The van der Waals surface area contributed by atoms with E-state index in [1.54, 1.807) is 6.20 Å². The molecular weight excluding hydrogens is 344 g/mol. The summed E-state index contributed by atoms with van der Waals surface area (Å²) in [4.78, 5) is 11.6. The fraction of sp³-hybridized carbons (Fsp3) is 0.526. The van der Waals surface area contributed by atoms with E-state index >= 15 is 0 Å². The molecule has 0 spiro atoms. The van der Waals surface area contributed by atoms with E-state index in [1.807, 2.05) is 18.2 Å². The molecular formula is C19H26N6O2. The first kappa shape index (κ1) is 17.8. The van der Waals surface area contributed by atoms with Gasteiger partial charge in [0.2, 0.25) is 5.88 Å². The van der Waals surface area contributed by atoms with Crippen molar-refractivity contribution < 1.29 is 9.47 Å². The predicted molar refractivity (Wildman–Crippen MR) is 105 cm³/mol. The summed E-state index contributed by atoms with van der Waals surface area (Å²) in [6, 6.07) is 5.96. The van der Waals surface area contributed by atoms with Gasteiger partial charge in [-0.3, -0.25) is 4.98 Å². The maximum atomic E-state index is 6.34. The molecule has 2 aromatic heterocycles. The van der Waals surface area contributed by atoms with Crippen molar-refractivity contribution in [2.45, 2.75) is 31.8 Å². The van der Waals surface area contributed by atoms with Crippen molar-refractivity contribution in [1.82, 2.24) is 9.97 Å². The number of rotatable bonds is 4. The molecule has 0 radical (unpaired) electrons.